The van der Waals surface area contributed by atoms with Gasteiger partial charge in [0.15, 0.2) is 11.5 Å². The van der Waals surface area contributed by atoms with Gasteiger partial charge in [-0.1, -0.05) is 71.3 Å². The number of aryl methyl sites for hydroxylation is 1. The van der Waals surface area contributed by atoms with E-state index in [-0.39, 0.29) is 6.61 Å². The number of esters is 1. The molecule has 1 aliphatic heterocycles. The zero-order valence-electron chi connectivity index (χ0n) is 20.8. The van der Waals surface area contributed by atoms with Crippen LogP contribution in [-0.4, -0.2) is 33.3 Å². The van der Waals surface area contributed by atoms with E-state index < -0.39 is 12.0 Å². The molecule has 188 valence electrons. The molecule has 0 spiro atoms. The molecule has 37 heavy (non-hydrogen) atoms. The molecule has 9 heteroatoms. The number of methoxy groups -OCH3 is 1. The Bertz CT molecular complexity index is 1430. The number of ether oxygens (including phenoxy) is 3. The van der Waals surface area contributed by atoms with Gasteiger partial charge in [0, 0.05) is 5.70 Å². The Morgan fingerprint density at radius 1 is 0.946 bits per heavy atom. The van der Waals surface area contributed by atoms with Crippen LogP contribution in [-0.2, 0) is 22.7 Å². The lowest BCUT2D eigenvalue weighted by atomic mass is 9.95. The van der Waals surface area contributed by atoms with E-state index in [0.29, 0.717) is 35.3 Å². The van der Waals surface area contributed by atoms with E-state index in [1.807, 2.05) is 79.7 Å². The van der Waals surface area contributed by atoms with Crippen molar-refractivity contribution in [2.45, 2.75) is 33.1 Å². The maximum atomic E-state index is 13.3. The van der Waals surface area contributed by atoms with Crippen LogP contribution in [0.4, 0.5) is 5.95 Å². The van der Waals surface area contributed by atoms with Gasteiger partial charge in [-0.05, 0) is 53.1 Å². The lowest BCUT2D eigenvalue weighted by Gasteiger charge is -2.28. The van der Waals surface area contributed by atoms with Crippen molar-refractivity contribution in [2.24, 2.45) is 0 Å². The van der Waals surface area contributed by atoms with Crippen molar-refractivity contribution in [1.82, 2.24) is 20.2 Å². The van der Waals surface area contributed by atoms with Gasteiger partial charge in [0.2, 0.25) is 5.95 Å². The molecule has 0 aliphatic carbocycles. The number of benzene rings is 3. The smallest absolute Gasteiger partial charge is 0.338 e. The average Bonchev–Trinajstić information content (AvgIpc) is 3.39. The minimum atomic E-state index is -0.616. The Hall–Kier alpha value is -4.66. The van der Waals surface area contributed by atoms with Crippen LogP contribution in [0.2, 0.25) is 0 Å². The number of tetrazole rings is 1. The molecule has 2 heterocycles. The lowest BCUT2D eigenvalue weighted by molar-refractivity contribution is -0.140. The van der Waals surface area contributed by atoms with Crippen LogP contribution >= 0.6 is 0 Å². The van der Waals surface area contributed by atoms with Gasteiger partial charge in [-0.15, -0.1) is 0 Å². The van der Waals surface area contributed by atoms with E-state index in [9.17, 15) is 4.79 Å². The molecule has 0 fully saturated rings. The van der Waals surface area contributed by atoms with Crippen LogP contribution in [0.15, 0.2) is 84.1 Å². The quantitative estimate of drug-likeness (QED) is 0.353. The van der Waals surface area contributed by atoms with Gasteiger partial charge in [-0.25, -0.2) is 4.79 Å². The summed E-state index contributed by atoms with van der Waals surface area (Å²) >= 11 is 0. The number of fused-ring (bicyclic) bond motifs is 1. The van der Waals surface area contributed by atoms with Crippen LogP contribution in [0, 0.1) is 6.92 Å². The second kappa shape index (κ2) is 10.5. The number of hydrogen-bond donors (Lipinski definition) is 1. The molecule has 0 bridgehead atoms. The summed E-state index contributed by atoms with van der Waals surface area (Å²) in [6.45, 7) is 4.41. The summed E-state index contributed by atoms with van der Waals surface area (Å²) in [6, 6.07) is 22.6. The minimum Gasteiger partial charge on any atom is -0.493 e. The fourth-order valence-corrected chi connectivity index (χ4v) is 4.20. The third kappa shape index (κ3) is 5.16. The van der Waals surface area contributed by atoms with Crippen molar-refractivity contribution < 1.29 is 19.0 Å². The largest absolute Gasteiger partial charge is 0.493 e. The number of hydrogen-bond acceptors (Lipinski definition) is 8. The summed E-state index contributed by atoms with van der Waals surface area (Å²) in [7, 11) is 1.58. The number of carbonyl (C=O) groups is 1. The van der Waals surface area contributed by atoms with Gasteiger partial charge in [0.1, 0.15) is 19.3 Å². The minimum absolute atomic E-state index is 0.154. The van der Waals surface area contributed by atoms with Crippen LogP contribution in [0.5, 0.6) is 11.5 Å². The highest BCUT2D eigenvalue weighted by atomic mass is 16.5. The number of nitrogens with one attached hydrogen (secondary N) is 1. The van der Waals surface area contributed by atoms with Crippen LogP contribution in [0.3, 0.4) is 0 Å². The number of rotatable bonds is 8. The summed E-state index contributed by atoms with van der Waals surface area (Å²) in [5.41, 5.74) is 4.91. The SMILES string of the molecule is COc1cc(C2C(C(=O)OCc3ccccc3)=C(C)Nc3nnnn32)ccc1OCc1ccc(C)cc1. The average molecular weight is 498 g/mol. The Morgan fingerprint density at radius 2 is 1.70 bits per heavy atom. The van der Waals surface area contributed by atoms with Gasteiger partial charge in [0.05, 0.1) is 12.7 Å². The zero-order valence-corrected chi connectivity index (χ0v) is 20.8. The second-order valence-corrected chi connectivity index (χ2v) is 8.76. The highest BCUT2D eigenvalue weighted by Crippen LogP contribution is 2.39. The highest BCUT2D eigenvalue weighted by molar-refractivity contribution is 5.92. The van der Waals surface area contributed by atoms with E-state index in [2.05, 4.69) is 20.8 Å². The number of carbonyl (C=O) groups excluding carboxylic acids is 1. The number of nitrogens with zero attached hydrogens (tertiary/aromatic N) is 4. The van der Waals surface area contributed by atoms with Crippen LogP contribution in [0.25, 0.3) is 0 Å². The molecule has 0 saturated carbocycles. The molecule has 9 nitrogen and oxygen atoms in total. The van der Waals surface area contributed by atoms with Crippen LogP contribution in [0.1, 0.15) is 35.2 Å². The number of aromatic nitrogens is 4. The summed E-state index contributed by atoms with van der Waals surface area (Å²) in [6.07, 6.45) is 0. The third-order valence-corrected chi connectivity index (χ3v) is 6.17. The van der Waals surface area contributed by atoms with Crippen molar-refractivity contribution in [3.8, 4) is 11.5 Å². The summed E-state index contributed by atoms with van der Waals surface area (Å²) in [5, 5.41) is 15.1. The summed E-state index contributed by atoms with van der Waals surface area (Å²) in [5.74, 6) is 1.10. The normalized spacial score (nSPS) is 14.5. The molecule has 0 amide bonds. The first-order valence-electron chi connectivity index (χ1n) is 11.9. The van der Waals surface area contributed by atoms with Gasteiger partial charge < -0.3 is 19.5 Å². The maximum Gasteiger partial charge on any atom is 0.338 e. The molecule has 3 aromatic carbocycles. The van der Waals surface area contributed by atoms with Gasteiger partial charge in [-0.2, -0.15) is 4.68 Å². The van der Waals surface area contributed by atoms with Gasteiger partial charge in [0.25, 0.3) is 0 Å². The first kappa shape index (κ1) is 24.1. The summed E-state index contributed by atoms with van der Waals surface area (Å²) < 4.78 is 18.9. The molecule has 1 aliphatic rings. The van der Waals surface area contributed by atoms with E-state index in [4.69, 9.17) is 14.2 Å². The molecule has 0 saturated heterocycles. The van der Waals surface area contributed by atoms with Crippen molar-refractivity contribution in [2.75, 3.05) is 12.4 Å². The third-order valence-electron chi connectivity index (χ3n) is 6.17. The zero-order chi connectivity index (χ0) is 25.8. The topological polar surface area (TPSA) is 100 Å². The Labute approximate surface area is 214 Å². The molecular weight excluding hydrogens is 470 g/mol. The van der Waals surface area contributed by atoms with Gasteiger partial charge >= 0.3 is 5.97 Å². The summed E-state index contributed by atoms with van der Waals surface area (Å²) in [4.78, 5) is 13.3. The fraction of sp³-hybridized carbons (Fsp3) is 0.214. The monoisotopic (exact) mass is 497 g/mol. The number of anilines is 1. The van der Waals surface area contributed by atoms with Crippen molar-refractivity contribution >= 4 is 11.9 Å². The maximum absolute atomic E-state index is 13.3. The van der Waals surface area contributed by atoms with Crippen molar-refractivity contribution in [1.29, 1.82) is 0 Å². The first-order valence-corrected chi connectivity index (χ1v) is 11.9. The number of allylic oxidation sites excluding steroid dienone is 1. The predicted octanol–water partition coefficient (Wildman–Crippen LogP) is 4.60. The molecule has 1 N–H and O–H groups in total. The Balaban J connectivity index is 1.43. The Morgan fingerprint density at radius 3 is 2.46 bits per heavy atom. The predicted molar refractivity (Wildman–Crippen MR) is 137 cm³/mol. The molecule has 0 radical (unpaired) electrons. The van der Waals surface area contributed by atoms with Crippen molar-refractivity contribution in [3.05, 3.63) is 106 Å². The molecule has 1 atom stereocenters. The highest BCUT2D eigenvalue weighted by Gasteiger charge is 2.35. The molecular formula is C28H27N5O4. The van der Waals surface area contributed by atoms with Crippen molar-refractivity contribution in [3.63, 3.8) is 0 Å². The molecule has 5 rings (SSSR count). The van der Waals surface area contributed by atoms with E-state index in [0.717, 1.165) is 16.7 Å². The standard InChI is InChI=1S/C28H27N5O4/c1-18-9-11-21(12-10-18)16-36-23-14-13-22(15-24(23)35-3)26-25(19(2)29-28-30-31-32-33(26)28)27(34)37-17-20-7-5-4-6-8-20/h4-15,26H,16-17H2,1-3H3,(H,29,30,32). The van der Waals surface area contributed by atoms with E-state index >= 15 is 0 Å². The second-order valence-electron chi connectivity index (χ2n) is 8.76. The van der Waals surface area contributed by atoms with E-state index in [1.165, 1.54) is 5.56 Å². The first-order chi connectivity index (χ1) is 18.0. The Kier molecular flexibility index (Phi) is 6.85. The molecule has 4 aromatic rings. The molecule has 1 aromatic heterocycles. The van der Waals surface area contributed by atoms with E-state index in [1.54, 1.807) is 18.7 Å². The van der Waals surface area contributed by atoms with Crippen LogP contribution < -0.4 is 14.8 Å². The lowest BCUT2D eigenvalue weighted by Crippen LogP contribution is -2.29. The fourth-order valence-electron chi connectivity index (χ4n) is 4.20. The molecule has 1 unspecified atom stereocenters. The van der Waals surface area contributed by atoms with Gasteiger partial charge in [-0.3, -0.25) is 0 Å².